The Kier molecular flexibility index (Phi) is 6.08. The molecule has 0 radical (unpaired) electrons. The summed E-state index contributed by atoms with van der Waals surface area (Å²) in [5.41, 5.74) is 1.20. The highest BCUT2D eigenvalue weighted by atomic mass is 16.6. The van der Waals surface area contributed by atoms with Crippen LogP contribution < -0.4 is 0 Å². The molecule has 0 aliphatic heterocycles. The molecule has 10 nitrogen and oxygen atoms in total. The number of benzene rings is 3. The van der Waals surface area contributed by atoms with Crippen molar-refractivity contribution < 1.29 is 19.6 Å². The van der Waals surface area contributed by atoms with Crippen molar-refractivity contribution in [2.75, 3.05) is 0 Å². The maximum absolute atomic E-state index is 12.7. The number of nitro groups is 3. The van der Waals surface area contributed by atoms with Crippen LogP contribution in [0.25, 0.3) is 0 Å². The molecule has 0 heterocycles. The van der Waals surface area contributed by atoms with E-state index in [0.717, 1.165) is 11.6 Å². The van der Waals surface area contributed by atoms with Crippen molar-refractivity contribution in [2.24, 2.45) is 5.92 Å². The minimum absolute atomic E-state index is 0.151. The number of hydrogen-bond acceptors (Lipinski definition) is 7. The number of non-ortho nitro benzene ring substituents is 1. The fourth-order valence-electron chi connectivity index (χ4n) is 6.08. The first kappa shape index (κ1) is 24.0. The lowest BCUT2D eigenvalue weighted by molar-refractivity contribution is -0.532. The van der Waals surface area contributed by atoms with Gasteiger partial charge in [0.1, 0.15) is 6.29 Å². The standard InChI is InChI=1S/C27H21N3O7/c31-15-18-11-22-20(16-7-3-1-4-8-16)14-21-23(12-19(28(32)33)13-24(21)29(34)35)26(22)27(30(36)37)25(18)17-9-5-2-6-10-17/h1-13,15,20,22,25-27H,14H2/t20-,22-,25-,26+,27+/m1/s1. The lowest BCUT2D eigenvalue weighted by Gasteiger charge is -2.44. The summed E-state index contributed by atoms with van der Waals surface area (Å²) in [6, 6.07) is 18.5. The maximum atomic E-state index is 12.7. The Morgan fingerprint density at radius 1 is 0.811 bits per heavy atom. The third-order valence-corrected chi connectivity index (χ3v) is 7.54. The summed E-state index contributed by atoms with van der Waals surface area (Å²) < 4.78 is 0. The second-order valence-electron chi connectivity index (χ2n) is 9.32. The molecule has 0 fully saturated rings. The average molecular weight is 499 g/mol. The van der Waals surface area contributed by atoms with E-state index in [0.29, 0.717) is 11.8 Å². The van der Waals surface area contributed by atoms with Crippen LogP contribution in [-0.2, 0) is 11.2 Å². The number of hydrogen-bond donors (Lipinski definition) is 0. The van der Waals surface area contributed by atoms with Crippen LogP contribution in [0, 0.1) is 36.3 Å². The first-order valence-corrected chi connectivity index (χ1v) is 11.7. The predicted octanol–water partition coefficient (Wildman–Crippen LogP) is 5.11. The van der Waals surface area contributed by atoms with Gasteiger partial charge in [0.05, 0.1) is 27.7 Å². The molecule has 3 aromatic carbocycles. The van der Waals surface area contributed by atoms with Gasteiger partial charge in [-0.1, -0.05) is 66.7 Å². The van der Waals surface area contributed by atoms with Gasteiger partial charge in [0, 0.05) is 22.1 Å². The number of fused-ring (bicyclic) bond motifs is 3. The number of carbonyl (C=O) groups is 1. The Morgan fingerprint density at radius 3 is 1.97 bits per heavy atom. The van der Waals surface area contributed by atoms with Gasteiger partial charge in [0.15, 0.2) is 0 Å². The molecule has 3 aromatic rings. The van der Waals surface area contributed by atoms with E-state index in [1.807, 2.05) is 30.3 Å². The number of allylic oxidation sites excluding steroid dienone is 1. The molecule has 5 rings (SSSR count). The van der Waals surface area contributed by atoms with Crippen molar-refractivity contribution in [1.29, 1.82) is 0 Å². The zero-order valence-electron chi connectivity index (χ0n) is 19.4. The number of rotatable bonds is 6. The second-order valence-corrected chi connectivity index (χ2v) is 9.32. The average Bonchev–Trinajstić information content (AvgIpc) is 2.91. The molecule has 0 aromatic heterocycles. The molecule has 0 amide bonds. The first-order valence-electron chi connectivity index (χ1n) is 11.7. The number of carbonyl (C=O) groups excluding carboxylic acids is 1. The predicted molar refractivity (Wildman–Crippen MR) is 133 cm³/mol. The van der Waals surface area contributed by atoms with Crippen LogP contribution in [0.4, 0.5) is 11.4 Å². The van der Waals surface area contributed by atoms with E-state index in [2.05, 4.69) is 0 Å². The van der Waals surface area contributed by atoms with Crippen LogP contribution in [0.3, 0.4) is 0 Å². The second kappa shape index (κ2) is 9.38. The number of nitrogens with zero attached hydrogens (tertiary/aromatic N) is 3. The van der Waals surface area contributed by atoms with Gasteiger partial charge in [-0.05, 0) is 34.9 Å². The van der Waals surface area contributed by atoms with Crippen LogP contribution in [0.2, 0.25) is 0 Å². The molecular formula is C27H21N3O7. The summed E-state index contributed by atoms with van der Waals surface area (Å²) in [6.45, 7) is 0. The van der Waals surface area contributed by atoms with Crippen molar-refractivity contribution in [3.8, 4) is 0 Å². The molecule has 0 unspecified atom stereocenters. The fourth-order valence-corrected chi connectivity index (χ4v) is 6.08. The fraction of sp³-hybridized carbons (Fsp3) is 0.222. The normalized spacial score (nSPS) is 24.2. The Morgan fingerprint density at radius 2 is 1.43 bits per heavy atom. The van der Waals surface area contributed by atoms with E-state index in [1.54, 1.807) is 36.4 Å². The van der Waals surface area contributed by atoms with Gasteiger partial charge in [0.25, 0.3) is 11.4 Å². The smallest absolute Gasteiger partial charge is 0.279 e. The van der Waals surface area contributed by atoms with Gasteiger partial charge in [0.2, 0.25) is 6.04 Å². The van der Waals surface area contributed by atoms with Crippen molar-refractivity contribution >= 4 is 17.7 Å². The van der Waals surface area contributed by atoms with E-state index >= 15 is 0 Å². The minimum Gasteiger partial charge on any atom is -0.298 e. The molecule has 2 aliphatic rings. The summed E-state index contributed by atoms with van der Waals surface area (Å²) in [4.78, 5) is 46.9. The van der Waals surface area contributed by atoms with Crippen molar-refractivity contribution in [2.45, 2.75) is 30.2 Å². The van der Waals surface area contributed by atoms with Crippen molar-refractivity contribution in [1.82, 2.24) is 0 Å². The van der Waals surface area contributed by atoms with Crippen LogP contribution in [0.5, 0.6) is 0 Å². The van der Waals surface area contributed by atoms with Gasteiger partial charge >= 0.3 is 0 Å². The molecule has 0 saturated heterocycles. The van der Waals surface area contributed by atoms with Crippen LogP contribution in [0.1, 0.15) is 40.0 Å². The Bertz CT molecular complexity index is 1440. The van der Waals surface area contributed by atoms with Gasteiger partial charge in [-0.25, -0.2) is 0 Å². The highest BCUT2D eigenvalue weighted by molar-refractivity contribution is 5.77. The van der Waals surface area contributed by atoms with E-state index in [4.69, 9.17) is 0 Å². The Hall–Kier alpha value is -4.73. The summed E-state index contributed by atoms with van der Waals surface area (Å²) in [7, 11) is 0. The SMILES string of the molecule is O=CC1=C[C@H]2[C@@H](c3cc([N+](=O)[O-])cc([N+](=O)[O-])c3C[C@@H]2c2ccccc2)[C@@H]([N+](=O)[O-])[C@@H]1c1ccccc1. The largest absolute Gasteiger partial charge is 0.298 e. The van der Waals surface area contributed by atoms with E-state index in [-0.39, 0.29) is 23.1 Å². The topological polar surface area (TPSA) is 146 Å². The summed E-state index contributed by atoms with van der Waals surface area (Å²) in [6.07, 6.45) is 2.52. The molecule has 10 heteroatoms. The van der Waals surface area contributed by atoms with Crippen LogP contribution in [-0.4, -0.2) is 27.1 Å². The Labute approximate surface area is 210 Å². The van der Waals surface area contributed by atoms with Crippen LogP contribution in [0.15, 0.2) is 84.4 Å². The molecule has 0 bridgehead atoms. The molecule has 37 heavy (non-hydrogen) atoms. The van der Waals surface area contributed by atoms with Gasteiger partial charge < -0.3 is 0 Å². The monoisotopic (exact) mass is 499 g/mol. The van der Waals surface area contributed by atoms with Crippen LogP contribution >= 0.6 is 0 Å². The lowest BCUT2D eigenvalue weighted by Crippen LogP contribution is -2.45. The van der Waals surface area contributed by atoms with Crippen molar-refractivity contribution in [3.05, 3.63) is 137 Å². The maximum Gasteiger partial charge on any atom is 0.279 e. The number of aldehydes is 1. The molecule has 5 atom stereocenters. The molecule has 0 saturated carbocycles. The van der Waals surface area contributed by atoms with Gasteiger partial charge in [-0.2, -0.15) is 0 Å². The zero-order chi connectivity index (χ0) is 26.3. The third kappa shape index (κ3) is 4.06. The molecule has 0 spiro atoms. The van der Waals surface area contributed by atoms with Gasteiger partial charge in [-0.15, -0.1) is 0 Å². The van der Waals surface area contributed by atoms with Gasteiger partial charge in [-0.3, -0.25) is 35.1 Å². The highest BCUT2D eigenvalue weighted by Crippen LogP contribution is 2.56. The summed E-state index contributed by atoms with van der Waals surface area (Å²) in [5.74, 6) is -2.84. The quantitative estimate of drug-likeness (QED) is 0.260. The highest BCUT2D eigenvalue weighted by Gasteiger charge is 2.54. The van der Waals surface area contributed by atoms with Crippen molar-refractivity contribution in [3.63, 3.8) is 0 Å². The van der Waals surface area contributed by atoms with E-state index in [1.165, 1.54) is 6.07 Å². The lowest BCUT2D eigenvalue weighted by atomic mass is 9.58. The van der Waals surface area contributed by atoms with E-state index in [9.17, 15) is 35.1 Å². The zero-order valence-corrected chi connectivity index (χ0v) is 19.4. The molecule has 186 valence electrons. The van der Waals surface area contributed by atoms with E-state index < -0.39 is 55.9 Å². The molecule has 2 aliphatic carbocycles. The first-order chi connectivity index (χ1) is 17.8. The summed E-state index contributed by atoms with van der Waals surface area (Å²) >= 11 is 0. The minimum atomic E-state index is -1.37. The summed E-state index contributed by atoms with van der Waals surface area (Å²) in [5, 5.41) is 36.5. The number of nitro benzene ring substituents is 2. The molecule has 0 N–H and O–H groups in total. The third-order valence-electron chi connectivity index (χ3n) is 7.54. The molecular weight excluding hydrogens is 478 g/mol. The Balaban J connectivity index is 1.84.